The molecule has 1 atom stereocenters. The Morgan fingerprint density at radius 2 is 1.62 bits per heavy atom. The number of carbonyl (C=O) groups excluding carboxylic acids is 1. The topological polar surface area (TPSA) is 75.7 Å². The first-order valence-electron chi connectivity index (χ1n) is 10.4. The molecule has 0 aromatic heterocycles. The maximum Gasteiger partial charge on any atom is 0.412 e. The van der Waals surface area contributed by atoms with Crippen LogP contribution in [0.5, 0.6) is 5.75 Å². The summed E-state index contributed by atoms with van der Waals surface area (Å²) < 4.78 is 33.6. The highest BCUT2D eigenvalue weighted by Gasteiger charge is 2.31. The van der Waals surface area contributed by atoms with Crippen LogP contribution in [0.15, 0.2) is 77.7 Å². The molecule has 10 heteroatoms. The minimum atomic E-state index is -3.98. The van der Waals surface area contributed by atoms with Crippen molar-refractivity contribution in [1.82, 2.24) is 5.32 Å². The van der Waals surface area contributed by atoms with Crippen LogP contribution < -0.4 is 14.4 Å². The molecule has 0 fully saturated rings. The summed E-state index contributed by atoms with van der Waals surface area (Å²) in [7, 11) is -3.98. The van der Waals surface area contributed by atoms with Gasteiger partial charge in [-0.25, -0.2) is 13.2 Å². The molecule has 1 unspecified atom stereocenters. The van der Waals surface area contributed by atoms with E-state index in [-0.39, 0.29) is 15.6 Å². The van der Waals surface area contributed by atoms with Crippen LogP contribution >= 0.6 is 34.8 Å². The molecule has 6 nitrogen and oxygen atoms in total. The van der Waals surface area contributed by atoms with Crippen molar-refractivity contribution >= 4 is 56.6 Å². The fourth-order valence-corrected chi connectivity index (χ4v) is 5.56. The monoisotopic (exact) mass is 540 g/mol. The van der Waals surface area contributed by atoms with Crippen LogP contribution in [0.4, 0.5) is 10.5 Å². The number of para-hydroxylation sites is 1. The third kappa shape index (κ3) is 6.79. The van der Waals surface area contributed by atoms with E-state index in [1.165, 1.54) is 34.6 Å². The Kier molecular flexibility index (Phi) is 9.08. The minimum absolute atomic E-state index is 0.0735. The lowest BCUT2D eigenvalue weighted by atomic mass is 10.1. The molecule has 0 bridgehead atoms. The Balaban J connectivity index is 1.73. The zero-order valence-electron chi connectivity index (χ0n) is 18.2. The van der Waals surface area contributed by atoms with Crippen molar-refractivity contribution in [2.24, 2.45) is 0 Å². The van der Waals surface area contributed by atoms with E-state index in [1.807, 2.05) is 6.07 Å². The van der Waals surface area contributed by atoms with Crippen LogP contribution in [0.2, 0.25) is 15.1 Å². The summed E-state index contributed by atoms with van der Waals surface area (Å²) in [6, 6.07) is 18.8. The van der Waals surface area contributed by atoms with Crippen LogP contribution in [0, 0.1) is 0 Å². The number of nitrogens with zero attached hydrogens (tertiary/aromatic N) is 1. The molecule has 180 valence electrons. The van der Waals surface area contributed by atoms with Gasteiger partial charge in [0.05, 0.1) is 15.6 Å². The number of amides is 1. The summed E-state index contributed by atoms with van der Waals surface area (Å²) in [5.74, 6) is 0.434. The van der Waals surface area contributed by atoms with Crippen molar-refractivity contribution in [3.63, 3.8) is 0 Å². The standard InChI is InChI=1S/C24H23Cl3N2O4S/c1-17(6-5-15-28-24(30)33-20-7-3-2-4-8-20)29(23-16-19(26)11-14-22(23)27)34(31,32)21-12-9-18(25)10-13-21/h2-4,7-14,16-17H,5-6,15H2,1H3,(H,28,30). The first kappa shape index (κ1) is 26.2. The highest BCUT2D eigenvalue weighted by molar-refractivity contribution is 7.92. The molecule has 1 amide bonds. The van der Waals surface area contributed by atoms with Gasteiger partial charge in [0.15, 0.2) is 0 Å². The van der Waals surface area contributed by atoms with Crippen LogP contribution in [-0.4, -0.2) is 27.1 Å². The number of sulfonamides is 1. The molecule has 0 aliphatic heterocycles. The summed E-state index contributed by atoms with van der Waals surface area (Å²) >= 11 is 18.5. The SMILES string of the molecule is CC(CCCNC(=O)Oc1ccccc1)N(c1cc(Cl)ccc1Cl)S(=O)(=O)c1ccc(Cl)cc1. The quantitative estimate of drug-likeness (QED) is 0.302. The van der Waals surface area contributed by atoms with Crippen LogP contribution in [0.25, 0.3) is 0 Å². The molecular weight excluding hydrogens is 519 g/mol. The van der Waals surface area contributed by atoms with E-state index in [0.717, 1.165) is 0 Å². The Bertz CT molecular complexity index is 1220. The largest absolute Gasteiger partial charge is 0.412 e. The number of hydrogen-bond acceptors (Lipinski definition) is 4. The number of ether oxygens (including phenoxy) is 1. The molecule has 0 saturated carbocycles. The van der Waals surface area contributed by atoms with Crippen molar-refractivity contribution < 1.29 is 17.9 Å². The van der Waals surface area contributed by atoms with E-state index in [4.69, 9.17) is 39.5 Å². The summed E-state index contributed by atoms with van der Waals surface area (Å²) in [5, 5.41) is 3.70. The van der Waals surface area contributed by atoms with Crippen LogP contribution in [0.3, 0.4) is 0 Å². The van der Waals surface area contributed by atoms with Gasteiger partial charge in [0.1, 0.15) is 5.75 Å². The average Bonchev–Trinajstić information content (AvgIpc) is 2.80. The molecule has 3 aromatic rings. The van der Waals surface area contributed by atoms with Gasteiger partial charge in [-0.15, -0.1) is 0 Å². The Labute approximate surface area is 214 Å². The number of nitrogens with one attached hydrogen (secondary N) is 1. The molecule has 3 rings (SSSR count). The molecule has 0 aliphatic carbocycles. The zero-order valence-corrected chi connectivity index (χ0v) is 21.3. The predicted octanol–water partition coefficient (Wildman–Crippen LogP) is 6.80. The smallest absolute Gasteiger partial charge is 0.410 e. The second-order valence-corrected chi connectivity index (χ2v) is 10.6. The van der Waals surface area contributed by atoms with Crippen molar-refractivity contribution in [1.29, 1.82) is 0 Å². The normalized spacial score (nSPS) is 12.1. The Hall–Kier alpha value is -2.45. The molecule has 0 radical (unpaired) electrons. The van der Waals surface area contributed by atoms with Crippen molar-refractivity contribution in [2.75, 3.05) is 10.8 Å². The third-order valence-electron chi connectivity index (χ3n) is 4.94. The van der Waals surface area contributed by atoms with Crippen molar-refractivity contribution in [2.45, 2.75) is 30.7 Å². The highest BCUT2D eigenvalue weighted by Crippen LogP contribution is 2.35. The lowest BCUT2D eigenvalue weighted by molar-refractivity contribution is 0.200. The summed E-state index contributed by atoms with van der Waals surface area (Å²) in [4.78, 5) is 12.1. The summed E-state index contributed by atoms with van der Waals surface area (Å²) in [6.07, 6.45) is 0.347. The lowest BCUT2D eigenvalue weighted by Crippen LogP contribution is -2.39. The van der Waals surface area contributed by atoms with Gasteiger partial charge in [0.2, 0.25) is 0 Å². The Morgan fingerprint density at radius 3 is 2.29 bits per heavy atom. The number of anilines is 1. The van der Waals surface area contributed by atoms with E-state index in [2.05, 4.69) is 5.32 Å². The van der Waals surface area contributed by atoms with Gasteiger partial charge in [-0.1, -0.05) is 53.0 Å². The van der Waals surface area contributed by atoms with Crippen LogP contribution in [0.1, 0.15) is 19.8 Å². The van der Waals surface area contributed by atoms with E-state index in [1.54, 1.807) is 43.3 Å². The van der Waals surface area contributed by atoms with Gasteiger partial charge in [-0.3, -0.25) is 4.31 Å². The number of rotatable bonds is 9. The Morgan fingerprint density at radius 1 is 0.971 bits per heavy atom. The van der Waals surface area contributed by atoms with Gasteiger partial charge in [-0.2, -0.15) is 0 Å². The number of benzene rings is 3. The fourth-order valence-electron chi connectivity index (χ4n) is 3.32. The number of hydrogen-bond donors (Lipinski definition) is 1. The summed E-state index contributed by atoms with van der Waals surface area (Å²) in [5.41, 5.74) is 0.271. The number of carbonyl (C=O) groups is 1. The average molecular weight is 542 g/mol. The van der Waals surface area contributed by atoms with Gasteiger partial charge >= 0.3 is 6.09 Å². The highest BCUT2D eigenvalue weighted by atomic mass is 35.5. The van der Waals surface area contributed by atoms with Crippen molar-refractivity contribution in [3.05, 3.63) is 87.9 Å². The van der Waals surface area contributed by atoms with Gasteiger partial charge in [-0.05, 0) is 74.4 Å². The first-order chi connectivity index (χ1) is 16.2. The van der Waals surface area contributed by atoms with Gasteiger partial charge in [0.25, 0.3) is 10.0 Å². The van der Waals surface area contributed by atoms with E-state index < -0.39 is 22.2 Å². The lowest BCUT2D eigenvalue weighted by Gasteiger charge is -2.31. The van der Waals surface area contributed by atoms with E-state index in [9.17, 15) is 13.2 Å². The van der Waals surface area contributed by atoms with Gasteiger partial charge < -0.3 is 10.1 Å². The van der Waals surface area contributed by atoms with Gasteiger partial charge in [0, 0.05) is 22.6 Å². The van der Waals surface area contributed by atoms with E-state index >= 15 is 0 Å². The molecule has 0 heterocycles. The maximum atomic E-state index is 13.6. The van der Waals surface area contributed by atoms with Crippen molar-refractivity contribution in [3.8, 4) is 5.75 Å². The molecular formula is C24H23Cl3N2O4S. The second-order valence-electron chi connectivity index (χ2n) is 7.47. The number of halogens is 3. The molecule has 0 spiro atoms. The molecule has 34 heavy (non-hydrogen) atoms. The fraction of sp³-hybridized carbons (Fsp3) is 0.208. The van der Waals surface area contributed by atoms with Crippen LogP contribution in [-0.2, 0) is 10.0 Å². The predicted molar refractivity (Wildman–Crippen MR) is 137 cm³/mol. The molecule has 0 saturated heterocycles. The maximum absolute atomic E-state index is 13.6. The zero-order chi connectivity index (χ0) is 24.7. The van der Waals surface area contributed by atoms with E-state index in [0.29, 0.717) is 35.2 Å². The molecule has 0 aliphatic rings. The minimum Gasteiger partial charge on any atom is -0.410 e. The second kappa shape index (κ2) is 11.8. The summed E-state index contributed by atoms with van der Waals surface area (Å²) in [6.45, 7) is 2.07. The molecule has 3 aromatic carbocycles. The molecule has 1 N–H and O–H groups in total. The third-order valence-corrected chi connectivity index (χ3v) is 7.69. The first-order valence-corrected chi connectivity index (χ1v) is 13.0.